The minimum Gasteiger partial charge on any atom is -0.344 e. The molecule has 1 aliphatic rings. The van der Waals surface area contributed by atoms with Gasteiger partial charge in [-0.15, -0.1) is 17.9 Å². The predicted molar refractivity (Wildman–Crippen MR) is 73.7 cm³/mol. The highest BCUT2D eigenvalue weighted by Gasteiger charge is 2.17. The van der Waals surface area contributed by atoms with E-state index in [0.29, 0.717) is 0 Å². The summed E-state index contributed by atoms with van der Waals surface area (Å²) in [6, 6.07) is 2.35. The van der Waals surface area contributed by atoms with E-state index in [1.165, 1.54) is 38.5 Å². The molecule has 1 heterocycles. The van der Waals surface area contributed by atoms with E-state index in [4.69, 9.17) is 0 Å². The van der Waals surface area contributed by atoms with E-state index < -0.39 is 0 Å². The second-order valence-electron chi connectivity index (χ2n) is 4.48. The van der Waals surface area contributed by atoms with Crippen molar-refractivity contribution in [3.8, 4) is 0 Å². The average molecular weight is 237 g/mol. The third-order valence-electron chi connectivity index (χ3n) is 3.40. The lowest BCUT2D eigenvalue weighted by molar-refractivity contribution is 0.591. The van der Waals surface area contributed by atoms with E-state index >= 15 is 0 Å². The highest BCUT2D eigenvalue weighted by Crippen LogP contribution is 2.35. The Morgan fingerprint density at radius 2 is 1.94 bits per heavy atom. The fourth-order valence-electron chi connectivity index (χ4n) is 2.60. The van der Waals surface area contributed by atoms with Gasteiger partial charge in [0, 0.05) is 4.88 Å². The first kappa shape index (κ1) is 13.5. The van der Waals surface area contributed by atoms with Crippen LogP contribution in [-0.2, 0) is 6.42 Å². The van der Waals surface area contributed by atoms with Gasteiger partial charge in [-0.3, -0.25) is 0 Å². The zero-order valence-corrected chi connectivity index (χ0v) is 10.9. The Hall–Kier alpha value is -0.600. The molecule has 0 aliphatic heterocycles. The van der Waals surface area contributed by atoms with Crippen molar-refractivity contribution in [2.75, 3.05) is 0 Å². The molecule has 1 aliphatic carbocycles. The second-order valence-corrected chi connectivity index (χ2v) is 5.48. The highest BCUT2D eigenvalue weighted by atomic mass is 32.1. The smallest absolute Gasteiger partial charge is 0.0118 e. The van der Waals surface area contributed by atoms with Crippen LogP contribution in [0.15, 0.2) is 24.1 Å². The predicted octanol–water partition coefficient (Wildman–Crippen LogP) is 5.08. The van der Waals surface area contributed by atoms with Crippen molar-refractivity contribution in [1.29, 1.82) is 0 Å². The molecule has 16 heavy (non-hydrogen) atoms. The Labute approximate surface area is 103 Å². The van der Waals surface area contributed by atoms with Gasteiger partial charge in [-0.25, -0.2) is 0 Å². The first-order valence-corrected chi connectivity index (χ1v) is 6.97. The molecule has 0 spiro atoms. The SMILES string of the molecule is C=CCc1sccc1C1CCCCCC1.N. The van der Waals surface area contributed by atoms with Gasteiger partial charge in [-0.1, -0.05) is 31.8 Å². The van der Waals surface area contributed by atoms with Crippen molar-refractivity contribution in [1.82, 2.24) is 6.15 Å². The van der Waals surface area contributed by atoms with Gasteiger partial charge in [0.05, 0.1) is 0 Å². The molecule has 0 atom stereocenters. The average Bonchev–Trinajstić information content (AvgIpc) is 2.53. The molecule has 1 saturated carbocycles. The number of hydrogen-bond donors (Lipinski definition) is 1. The zero-order valence-electron chi connectivity index (χ0n) is 10.1. The summed E-state index contributed by atoms with van der Waals surface area (Å²) in [6.07, 6.45) is 11.6. The van der Waals surface area contributed by atoms with Crippen molar-refractivity contribution < 1.29 is 0 Å². The van der Waals surface area contributed by atoms with Gasteiger partial charge < -0.3 is 6.15 Å². The molecule has 1 nitrogen and oxygen atoms in total. The Morgan fingerprint density at radius 3 is 2.56 bits per heavy atom. The molecule has 0 radical (unpaired) electrons. The van der Waals surface area contributed by atoms with Crippen LogP contribution in [0.3, 0.4) is 0 Å². The van der Waals surface area contributed by atoms with Gasteiger partial charge in [-0.05, 0) is 42.2 Å². The number of rotatable bonds is 3. The normalized spacial score (nSPS) is 17.5. The molecule has 1 fully saturated rings. The van der Waals surface area contributed by atoms with Crippen molar-refractivity contribution in [2.24, 2.45) is 0 Å². The third kappa shape index (κ3) is 3.19. The summed E-state index contributed by atoms with van der Waals surface area (Å²) in [7, 11) is 0. The van der Waals surface area contributed by atoms with Gasteiger partial charge in [0.1, 0.15) is 0 Å². The van der Waals surface area contributed by atoms with Gasteiger partial charge in [0.2, 0.25) is 0 Å². The fraction of sp³-hybridized carbons (Fsp3) is 0.571. The Bertz CT molecular complexity index is 308. The third-order valence-corrected chi connectivity index (χ3v) is 4.36. The zero-order chi connectivity index (χ0) is 10.5. The fourth-order valence-corrected chi connectivity index (χ4v) is 3.57. The molecule has 1 aromatic rings. The van der Waals surface area contributed by atoms with Crippen LogP contribution in [-0.4, -0.2) is 0 Å². The summed E-state index contributed by atoms with van der Waals surface area (Å²) in [5.74, 6) is 0.841. The van der Waals surface area contributed by atoms with Crippen LogP contribution in [0.25, 0.3) is 0 Å². The maximum absolute atomic E-state index is 3.85. The van der Waals surface area contributed by atoms with E-state index in [1.54, 1.807) is 10.4 Å². The maximum atomic E-state index is 3.85. The van der Waals surface area contributed by atoms with Crippen LogP contribution in [0.4, 0.5) is 0 Å². The second kappa shape index (κ2) is 6.87. The van der Waals surface area contributed by atoms with Crippen molar-refractivity contribution in [2.45, 2.75) is 50.9 Å². The first-order valence-electron chi connectivity index (χ1n) is 6.09. The molecule has 1 aromatic heterocycles. The molecule has 0 aromatic carbocycles. The summed E-state index contributed by atoms with van der Waals surface area (Å²) in [5.41, 5.74) is 1.63. The highest BCUT2D eigenvalue weighted by molar-refractivity contribution is 7.10. The Balaban J connectivity index is 0.00000128. The van der Waals surface area contributed by atoms with Crippen LogP contribution in [0.2, 0.25) is 0 Å². The molecule has 0 amide bonds. The van der Waals surface area contributed by atoms with Gasteiger partial charge >= 0.3 is 0 Å². The van der Waals surface area contributed by atoms with Gasteiger partial charge in [0.25, 0.3) is 0 Å². The first-order chi connectivity index (χ1) is 7.42. The molecule has 0 saturated heterocycles. The molecule has 2 heteroatoms. The number of thiophene rings is 1. The minimum absolute atomic E-state index is 0. The molecule has 90 valence electrons. The lowest BCUT2D eigenvalue weighted by atomic mass is 9.91. The number of hydrogen-bond acceptors (Lipinski definition) is 2. The molecule has 0 bridgehead atoms. The van der Waals surface area contributed by atoms with Crippen LogP contribution in [0.5, 0.6) is 0 Å². The lowest BCUT2D eigenvalue weighted by Gasteiger charge is -2.14. The summed E-state index contributed by atoms with van der Waals surface area (Å²) >= 11 is 1.90. The van der Waals surface area contributed by atoms with E-state index in [0.717, 1.165) is 12.3 Å². The van der Waals surface area contributed by atoms with Crippen molar-refractivity contribution in [3.63, 3.8) is 0 Å². The lowest BCUT2D eigenvalue weighted by Crippen LogP contribution is -1.98. The molecule has 0 unspecified atom stereocenters. The summed E-state index contributed by atoms with van der Waals surface area (Å²) in [6.45, 7) is 3.85. The topological polar surface area (TPSA) is 35.0 Å². The molecule has 3 N–H and O–H groups in total. The molecular formula is C14H23NS. The maximum Gasteiger partial charge on any atom is 0.0118 e. The van der Waals surface area contributed by atoms with Gasteiger partial charge in [0.15, 0.2) is 0 Å². The van der Waals surface area contributed by atoms with Crippen LogP contribution in [0, 0.1) is 0 Å². The standard InChI is InChI=1S/C14H20S.H3N/c1-2-7-14-13(10-11-15-14)12-8-5-3-4-6-9-12;/h2,10-12H,1,3-9H2;1H3. The summed E-state index contributed by atoms with van der Waals surface area (Å²) in [5, 5.41) is 2.25. The van der Waals surface area contributed by atoms with Gasteiger partial charge in [-0.2, -0.15) is 0 Å². The van der Waals surface area contributed by atoms with Crippen molar-refractivity contribution >= 4 is 11.3 Å². The number of allylic oxidation sites excluding steroid dienone is 1. The largest absolute Gasteiger partial charge is 0.344 e. The molecule has 2 rings (SSSR count). The quantitative estimate of drug-likeness (QED) is 0.577. The summed E-state index contributed by atoms with van der Waals surface area (Å²) < 4.78 is 0. The van der Waals surface area contributed by atoms with Crippen LogP contribution >= 0.6 is 11.3 Å². The molecular weight excluding hydrogens is 214 g/mol. The van der Waals surface area contributed by atoms with E-state index in [-0.39, 0.29) is 6.15 Å². The van der Waals surface area contributed by atoms with E-state index in [2.05, 4.69) is 18.0 Å². The van der Waals surface area contributed by atoms with E-state index in [9.17, 15) is 0 Å². The van der Waals surface area contributed by atoms with Crippen molar-refractivity contribution in [3.05, 3.63) is 34.5 Å². The minimum atomic E-state index is 0. The van der Waals surface area contributed by atoms with Crippen LogP contribution < -0.4 is 6.15 Å². The Morgan fingerprint density at radius 1 is 1.25 bits per heavy atom. The van der Waals surface area contributed by atoms with Crippen LogP contribution in [0.1, 0.15) is 54.9 Å². The summed E-state index contributed by atoms with van der Waals surface area (Å²) in [4.78, 5) is 1.55. The monoisotopic (exact) mass is 237 g/mol. The van der Waals surface area contributed by atoms with E-state index in [1.807, 2.05) is 17.4 Å². The Kier molecular flexibility index (Phi) is 5.78.